The van der Waals surface area contributed by atoms with Crippen LogP contribution in [-0.4, -0.2) is 56.1 Å². The number of piperazine rings is 1. The van der Waals surface area contributed by atoms with Crippen molar-refractivity contribution in [2.24, 2.45) is 5.92 Å². The van der Waals surface area contributed by atoms with E-state index in [0.717, 1.165) is 80.2 Å². The van der Waals surface area contributed by atoms with Crippen LogP contribution in [0.25, 0.3) is 0 Å². The lowest BCUT2D eigenvalue weighted by molar-refractivity contribution is -0.117. The van der Waals surface area contributed by atoms with Crippen molar-refractivity contribution in [3.63, 3.8) is 0 Å². The average Bonchev–Trinajstić information content (AvgIpc) is 3.56. The van der Waals surface area contributed by atoms with Crippen LogP contribution in [0.1, 0.15) is 41.9 Å². The standard InChI is InChI=1S/C27H31F2N3O2/c28-27(29)16-18-4-3-5-25(23(18)17-27)32-11-9-31(10-12-32)8-1-2-13-34-19-6-7-20-21-15-22(21)26(33)30-24(20)14-19/h3-7,14,21-22H,1-2,8-13,15-17H2,(H,30,33)/t21-,22-/m0/s1. The van der Waals surface area contributed by atoms with Crippen molar-refractivity contribution in [3.8, 4) is 5.75 Å². The lowest BCUT2D eigenvalue weighted by atomic mass is 10.0. The molecule has 1 N–H and O–H groups in total. The third kappa shape index (κ3) is 4.26. The Balaban J connectivity index is 0.934. The predicted molar refractivity (Wildman–Crippen MR) is 128 cm³/mol. The van der Waals surface area contributed by atoms with Gasteiger partial charge in [0, 0.05) is 62.4 Å². The van der Waals surface area contributed by atoms with E-state index in [-0.39, 0.29) is 24.7 Å². The fraction of sp³-hybridized carbons (Fsp3) is 0.519. The number of hydrogen-bond donors (Lipinski definition) is 1. The molecule has 4 aliphatic rings. The first-order valence-corrected chi connectivity index (χ1v) is 12.5. The summed E-state index contributed by atoms with van der Waals surface area (Å²) in [5, 5.41) is 3.00. The summed E-state index contributed by atoms with van der Waals surface area (Å²) in [6, 6.07) is 11.8. The van der Waals surface area contributed by atoms with Crippen molar-refractivity contribution < 1.29 is 18.3 Å². The van der Waals surface area contributed by atoms with Gasteiger partial charge in [-0.2, -0.15) is 0 Å². The second-order valence-corrected chi connectivity index (χ2v) is 10.2. The van der Waals surface area contributed by atoms with Gasteiger partial charge in [0.25, 0.3) is 5.92 Å². The molecule has 2 atom stereocenters. The Kier molecular flexibility index (Phi) is 5.47. The van der Waals surface area contributed by atoms with E-state index in [9.17, 15) is 13.6 Å². The molecule has 0 bridgehead atoms. The van der Waals surface area contributed by atoms with Gasteiger partial charge in [0.05, 0.1) is 6.61 Å². The number of anilines is 2. The van der Waals surface area contributed by atoms with Crippen molar-refractivity contribution in [1.82, 2.24) is 4.90 Å². The zero-order chi connectivity index (χ0) is 23.3. The topological polar surface area (TPSA) is 44.8 Å². The number of amides is 1. The molecule has 0 aromatic heterocycles. The third-order valence-electron chi connectivity index (χ3n) is 7.79. The van der Waals surface area contributed by atoms with E-state index < -0.39 is 5.92 Å². The van der Waals surface area contributed by atoms with Gasteiger partial charge in [-0.3, -0.25) is 9.69 Å². The molecular formula is C27H31F2N3O2. The molecule has 2 aliphatic carbocycles. The Morgan fingerprint density at radius 1 is 1.03 bits per heavy atom. The maximum absolute atomic E-state index is 13.9. The molecule has 2 aliphatic heterocycles. The van der Waals surface area contributed by atoms with Crippen LogP contribution in [0.2, 0.25) is 0 Å². The van der Waals surface area contributed by atoms with E-state index in [2.05, 4.69) is 21.2 Å². The molecule has 0 spiro atoms. The molecule has 2 aromatic rings. The van der Waals surface area contributed by atoms with Crippen molar-refractivity contribution in [2.45, 2.75) is 43.9 Å². The fourth-order valence-corrected chi connectivity index (χ4v) is 5.84. The Morgan fingerprint density at radius 2 is 1.88 bits per heavy atom. The average molecular weight is 468 g/mol. The maximum atomic E-state index is 13.9. The largest absolute Gasteiger partial charge is 0.494 e. The number of nitrogens with one attached hydrogen (secondary N) is 1. The number of benzene rings is 2. The smallest absolute Gasteiger partial charge is 0.256 e. The number of fused-ring (bicyclic) bond motifs is 4. The number of carbonyl (C=O) groups is 1. The Labute approximate surface area is 199 Å². The highest BCUT2D eigenvalue weighted by Crippen LogP contribution is 2.53. The molecule has 2 heterocycles. The number of unbranched alkanes of at least 4 members (excludes halogenated alkanes) is 1. The van der Waals surface area contributed by atoms with Gasteiger partial charge in [-0.15, -0.1) is 0 Å². The first kappa shape index (κ1) is 21.8. The quantitative estimate of drug-likeness (QED) is 0.611. The second kappa shape index (κ2) is 8.52. The molecule has 0 radical (unpaired) electrons. The predicted octanol–water partition coefficient (Wildman–Crippen LogP) is 4.46. The monoisotopic (exact) mass is 467 g/mol. The molecule has 1 amide bonds. The minimum atomic E-state index is -2.60. The fourth-order valence-electron chi connectivity index (χ4n) is 5.84. The maximum Gasteiger partial charge on any atom is 0.256 e. The van der Waals surface area contributed by atoms with Crippen LogP contribution in [0, 0.1) is 5.92 Å². The second-order valence-electron chi connectivity index (χ2n) is 10.2. The van der Waals surface area contributed by atoms with E-state index in [1.807, 2.05) is 30.3 Å². The van der Waals surface area contributed by atoms with E-state index in [1.54, 1.807) is 0 Å². The molecule has 2 fully saturated rings. The molecule has 5 nitrogen and oxygen atoms in total. The number of halogens is 2. The van der Waals surface area contributed by atoms with Gasteiger partial charge in [0.2, 0.25) is 5.91 Å². The van der Waals surface area contributed by atoms with Gasteiger partial charge in [-0.1, -0.05) is 18.2 Å². The van der Waals surface area contributed by atoms with Crippen molar-refractivity contribution >= 4 is 17.3 Å². The SMILES string of the molecule is O=C1Nc2cc(OCCCCN3CCN(c4cccc5c4CC(F)(F)C5)CC3)ccc2[C@@H]2C[C@H]12. The van der Waals surface area contributed by atoms with Crippen LogP contribution in [0.15, 0.2) is 36.4 Å². The number of ether oxygens (including phenoxy) is 1. The number of carbonyl (C=O) groups excluding carboxylic acids is 1. The molecule has 2 aromatic carbocycles. The Morgan fingerprint density at radius 3 is 2.74 bits per heavy atom. The molecule has 180 valence electrons. The van der Waals surface area contributed by atoms with Crippen LogP contribution >= 0.6 is 0 Å². The van der Waals surface area contributed by atoms with Gasteiger partial charge >= 0.3 is 0 Å². The van der Waals surface area contributed by atoms with E-state index in [4.69, 9.17) is 4.74 Å². The third-order valence-corrected chi connectivity index (χ3v) is 7.79. The normalized spacial score (nSPS) is 24.8. The number of rotatable bonds is 7. The van der Waals surface area contributed by atoms with Crippen LogP contribution in [0.5, 0.6) is 5.75 Å². The highest BCUT2D eigenvalue weighted by molar-refractivity contribution is 5.99. The molecule has 7 heteroatoms. The number of nitrogens with zero attached hydrogens (tertiary/aromatic N) is 2. The molecule has 1 saturated carbocycles. The summed E-state index contributed by atoms with van der Waals surface area (Å²) in [4.78, 5) is 16.7. The summed E-state index contributed by atoms with van der Waals surface area (Å²) in [5.74, 6) is -1.06. The lowest BCUT2D eigenvalue weighted by Crippen LogP contribution is -2.47. The van der Waals surface area contributed by atoms with Crippen LogP contribution in [0.3, 0.4) is 0 Å². The summed E-state index contributed by atoms with van der Waals surface area (Å²) in [5.41, 5.74) is 4.80. The number of hydrogen-bond acceptors (Lipinski definition) is 4. The Bertz CT molecular complexity index is 1100. The van der Waals surface area contributed by atoms with Crippen LogP contribution < -0.4 is 15.0 Å². The first-order chi connectivity index (χ1) is 16.5. The molecule has 0 unspecified atom stereocenters. The highest BCUT2D eigenvalue weighted by atomic mass is 19.3. The minimum absolute atomic E-state index is 0.126. The van der Waals surface area contributed by atoms with Crippen molar-refractivity contribution in [2.75, 3.05) is 49.5 Å². The van der Waals surface area contributed by atoms with Gasteiger partial charge in [-0.05, 0) is 60.5 Å². The number of alkyl halides is 2. The molecule has 6 rings (SSSR count). The van der Waals surface area contributed by atoms with Crippen molar-refractivity contribution in [1.29, 1.82) is 0 Å². The minimum Gasteiger partial charge on any atom is -0.494 e. The molecule has 34 heavy (non-hydrogen) atoms. The highest BCUT2D eigenvalue weighted by Gasteiger charge is 2.48. The van der Waals surface area contributed by atoms with E-state index in [0.29, 0.717) is 12.5 Å². The lowest BCUT2D eigenvalue weighted by Gasteiger charge is -2.37. The van der Waals surface area contributed by atoms with Crippen molar-refractivity contribution in [3.05, 3.63) is 53.1 Å². The summed E-state index contributed by atoms with van der Waals surface area (Å²) in [6.07, 6.45) is 2.74. The van der Waals surface area contributed by atoms with Gasteiger partial charge in [-0.25, -0.2) is 8.78 Å². The van der Waals surface area contributed by atoms with Crippen LogP contribution in [-0.2, 0) is 17.6 Å². The summed E-state index contributed by atoms with van der Waals surface area (Å²) in [7, 11) is 0. The zero-order valence-electron chi connectivity index (χ0n) is 19.4. The molecule has 1 saturated heterocycles. The van der Waals surface area contributed by atoms with E-state index >= 15 is 0 Å². The van der Waals surface area contributed by atoms with Crippen LogP contribution in [0.4, 0.5) is 20.2 Å². The Hall–Kier alpha value is -2.67. The summed E-state index contributed by atoms with van der Waals surface area (Å²) < 4.78 is 33.8. The van der Waals surface area contributed by atoms with E-state index in [1.165, 1.54) is 5.56 Å². The van der Waals surface area contributed by atoms with Gasteiger partial charge < -0.3 is 15.0 Å². The zero-order valence-corrected chi connectivity index (χ0v) is 19.4. The van der Waals surface area contributed by atoms with Gasteiger partial charge in [0.15, 0.2) is 0 Å². The first-order valence-electron chi connectivity index (χ1n) is 12.5. The summed E-state index contributed by atoms with van der Waals surface area (Å²) >= 11 is 0. The van der Waals surface area contributed by atoms with Gasteiger partial charge in [0.1, 0.15) is 5.75 Å². The molecular weight excluding hydrogens is 436 g/mol. The summed E-state index contributed by atoms with van der Waals surface area (Å²) in [6.45, 7) is 5.33.